The quantitative estimate of drug-likeness (QED) is 0.514. The van der Waals surface area contributed by atoms with Gasteiger partial charge in [-0.05, 0) is 37.1 Å². The predicted octanol–water partition coefficient (Wildman–Crippen LogP) is 3.23. The number of nitrogens with zero attached hydrogens (tertiary/aromatic N) is 2. The molecular formula is C22H29ClN4O4S. The van der Waals surface area contributed by atoms with Crippen LogP contribution in [0.2, 0.25) is 5.02 Å². The maximum atomic E-state index is 12.8. The smallest absolute Gasteiger partial charge is 0.254 e. The molecule has 1 unspecified atom stereocenters. The Hall–Kier alpha value is -2.49. The van der Waals surface area contributed by atoms with Crippen LogP contribution in [-0.4, -0.2) is 60.5 Å². The Morgan fingerprint density at radius 2 is 1.84 bits per heavy atom. The summed E-state index contributed by atoms with van der Waals surface area (Å²) in [5, 5.41) is 8.26. The van der Waals surface area contributed by atoms with Gasteiger partial charge in [0.25, 0.3) is 5.91 Å². The molecule has 1 heterocycles. The summed E-state index contributed by atoms with van der Waals surface area (Å²) in [6.07, 6.45) is 0.137. The van der Waals surface area contributed by atoms with Gasteiger partial charge in [0.15, 0.2) is 5.13 Å². The molecule has 0 saturated heterocycles. The number of methoxy groups -OCH3 is 1. The second-order valence-corrected chi connectivity index (χ2v) is 8.99. The van der Waals surface area contributed by atoms with Crippen molar-refractivity contribution < 1.29 is 19.1 Å². The average Bonchev–Trinajstić information content (AvgIpc) is 3.17. The lowest BCUT2D eigenvalue weighted by molar-refractivity contribution is -0.121. The van der Waals surface area contributed by atoms with E-state index in [-0.39, 0.29) is 49.9 Å². The highest BCUT2D eigenvalue weighted by atomic mass is 35.5. The molecule has 0 spiro atoms. The third-order valence-electron chi connectivity index (χ3n) is 4.81. The number of ether oxygens (including phenoxy) is 1. The molecule has 0 saturated carbocycles. The van der Waals surface area contributed by atoms with Gasteiger partial charge in [0.1, 0.15) is 6.54 Å². The summed E-state index contributed by atoms with van der Waals surface area (Å²) in [6, 6.07) is 6.54. The molecular weight excluding hydrogens is 452 g/mol. The number of halogens is 1. The van der Waals surface area contributed by atoms with E-state index < -0.39 is 0 Å². The molecule has 0 fully saturated rings. The first-order valence-corrected chi connectivity index (χ1v) is 11.5. The van der Waals surface area contributed by atoms with Crippen molar-refractivity contribution >= 4 is 45.8 Å². The summed E-state index contributed by atoms with van der Waals surface area (Å²) in [4.78, 5) is 43.2. The van der Waals surface area contributed by atoms with Crippen molar-refractivity contribution in [1.82, 2.24) is 15.2 Å². The number of carbonyl (C=O) groups is 3. The van der Waals surface area contributed by atoms with Gasteiger partial charge >= 0.3 is 0 Å². The number of benzene rings is 1. The van der Waals surface area contributed by atoms with Crippen LogP contribution in [-0.2, 0) is 20.7 Å². The standard InChI is InChI=1S/C22H29ClN4O4S/c1-14(2)15(3)24-19(28)11-18-13-32-22(25-18)26-20(29)12-27(9-10-31-4)21(30)16-5-7-17(23)8-6-16/h5-8,13-15H,9-12H2,1-4H3,(H,24,28)(H,25,26,29). The first kappa shape index (κ1) is 25.8. The minimum Gasteiger partial charge on any atom is -0.383 e. The summed E-state index contributed by atoms with van der Waals surface area (Å²) in [5.74, 6) is -0.471. The van der Waals surface area contributed by atoms with Gasteiger partial charge in [0.05, 0.1) is 18.7 Å². The van der Waals surface area contributed by atoms with Crippen LogP contribution >= 0.6 is 22.9 Å². The lowest BCUT2D eigenvalue weighted by Gasteiger charge is -2.21. The highest BCUT2D eigenvalue weighted by Crippen LogP contribution is 2.17. The Kier molecular flexibility index (Phi) is 10.1. The summed E-state index contributed by atoms with van der Waals surface area (Å²) < 4.78 is 5.06. The zero-order valence-electron chi connectivity index (χ0n) is 18.7. The van der Waals surface area contributed by atoms with E-state index in [0.29, 0.717) is 27.3 Å². The molecule has 0 bridgehead atoms. The summed E-state index contributed by atoms with van der Waals surface area (Å²) in [7, 11) is 1.53. The van der Waals surface area contributed by atoms with Crippen molar-refractivity contribution in [3.8, 4) is 0 Å². The number of rotatable bonds is 11. The number of amides is 3. The van der Waals surface area contributed by atoms with Crippen molar-refractivity contribution in [2.45, 2.75) is 33.2 Å². The molecule has 0 aliphatic rings. The highest BCUT2D eigenvalue weighted by Gasteiger charge is 2.20. The van der Waals surface area contributed by atoms with Crippen molar-refractivity contribution in [3.05, 3.63) is 45.9 Å². The fraction of sp³-hybridized carbons (Fsp3) is 0.455. The lowest BCUT2D eigenvalue weighted by atomic mass is 10.1. The van der Waals surface area contributed by atoms with E-state index in [0.717, 1.165) is 0 Å². The molecule has 174 valence electrons. The van der Waals surface area contributed by atoms with Crippen molar-refractivity contribution in [2.75, 3.05) is 32.1 Å². The molecule has 0 aliphatic carbocycles. The molecule has 2 aromatic rings. The lowest BCUT2D eigenvalue weighted by Crippen LogP contribution is -2.40. The summed E-state index contributed by atoms with van der Waals surface area (Å²) in [6.45, 7) is 6.41. The second kappa shape index (κ2) is 12.5. The van der Waals surface area contributed by atoms with Crippen LogP contribution in [0.3, 0.4) is 0 Å². The Morgan fingerprint density at radius 1 is 1.16 bits per heavy atom. The zero-order valence-corrected chi connectivity index (χ0v) is 20.3. The van der Waals surface area contributed by atoms with E-state index >= 15 is 0 Å². The molecule has 3 amide bonds. The van der Waals surface area contributed by atoms with Crippen LogP contribution in [0.15, 0.2) is 29.6 Å². The first-order valence-electron chi connectivity index (χ1n) is 10.3. The number of hydrogen-bond donors (Lipinski definition) is 2. The van der Waals surface area contributed by atoms with E-state index in [9.17, 15) is 14.4 Å². The van der Waals surface area contributed by atoms with Crippen LogP contribution in [0, 0.1) is 5.92 Å². The molecule has 32 heavy (non-hydrogen) atoms. The Morgan fingerprint density at radius 3 is 2.47 bits per heavy atom. The molecule has 8 nitrogen and oxygen atoms in total. The monoisotopic (exact) mass is 480 g/mol. The Labute approximate surface area is 197 Å². The molecule has 1 atom stereocenters. The maximum absolute atomic E-state index is 12.8. The maximum Gasteiger partial charge on any atom is 0.254 e. The summed E-state index contributed by atoms with van der Waals surface area (Å²) in [5.41, 5.74) is 1.00. The third-order valence-corrected chi connectivity index (χ3v) is 5.87. The van der Waals surface area contributed by atoms with Crippen molar-refractivity contribution in [3.63, 3.8) is 0 Å². The molecule has 10 heteroatoms. The van der Waals surface area contributed by atoms with Gasteiger partial charge in [0.2, 0.25) is 11.8 Å². The molecule has 2 N–H and O–H groups in total. The molecule has 1 aromatic carbocycles. The van der Waals surface area contributed by atoms with E-state index in [2.05, 4.69) is 15.6 Å². The average molecular weight is 481 g/mol. The molecule has 0 radical (unpaired) electrons. The van der Waals surface area contributed by atoms with Gasteiger partial charge in [0, 0.05) is 35.7 Å². The van der Waals surface area contributed by atoms with Crippen molar-refractivity contribution in [1.29, 1.82) is 0 Å². The molecule has 0 aliphatic heterocycles. The predicted molar refractivity (Wildman–Crippen MR) is 126 cm³/mol. The number of carbonyl (C=O) groups excluding carboxylic acids is 3. The third kappa shape index (κ3) is 8.22. The zero-order chi connectivity index (χ0) is 23.7. The fourth-order valence-electron chi connectivity index (χ4n) is 2.64. The second-order valence-electron chi connectivity index (χ2n) is 7.70. The minimum absolute atomic E-state index is 0.0663. The van der Waals surface area contributed by atoms with Gasteiger partial charge in [-0.1, -0.05) is 25.4 Å². The van der Waals surface area contributed by atoms with Gasteiger partial charge < -0.3 is 20.3 Å². The topological polar surface area (TPSA) is 101 Å². The largest absolute Gasteiger partial charge is 0.383 e. The SMILES string of the molecule is COCCN(CC(=O)Nc1nc(CC(=O)NC(C)C(C)C)cs1)C(=O)c1ccc(Cl)cc1. The first-order chi connectivity index (χ1) is 15.2. The van der Waals surface area contributed by atoms with Crippen LogP contribution < -0.4 is 10.6 Å². The van der Waals surface area contributed by atoms with Crippen LogP contribution in [0.5, 0.6) is 0 Å². The molecule has 1 aromatic heterocycles. The summed E-state index contributed by atoms with van der Waals surface area (Å²) >= 11 is 7.12. The van der Waals surface area contributed by atoms with Gasteiger partial charge in [-0.15, -0.1) is 11.3 Å². The fourth-order valence-corrected chi connectivity index (χ4v) is 3.50. The Bertz CT molecular complexity index is 917. The number of anilines is 1. The van der Waals surface area contributed by atoms with E-state index in [1.165, 1.54) is 23.3 Å². The molecule has 2 rings (SSSR count). The van der Waals surface area contributed by atoms with Gasteiger partial charge in [-0.3, -0.25) is 14.4 Å². The van der Waals surface area contributed by atoms with Gasteiger partial charge in [-0.25, -0.2) is 4.98 Å². The number of aromatic nitrogens is 1. The highest BCUT2D eigenvalue weighted by molar-refractivity contribution is 7.13. The number of hydrogen-bond acceptors (Lipinski definition) is 6. The normalized spacial score (nSPS) is 11.8. The van der Waals surface area contributed by atoms with E-state index in [4.69, 9.17) is 16.3 Å². The Balaban J connectivity index is 1.95. The minimum atomic E-state index is -0.387. The van der Waals surface area contributed by atoms with Crippen molar-refractivity contribution in [2.24, 2.45) is 5.92 Å². The number of nitrogens with one attached hydrogen (secondary N) is 2. The number of thiazole rings is 1. The van der Waals surface area contributed by atoms with E-state index in [1.807, 2.05) is 20.8 Å². The van der Waals surface area contributed by atoms with Crippen LogP contribution in [0.4, 0.5) is 5.13 Å². The van der Waals surface area contributed by atoms with Gasteiger partial charge in [-0.2, -0.15) is 0 Å². The van der Waals surface area contributed by atoms with Crippen LogP contribution in [0.25, 0.3) is 0 Å². The van der Waals surface area contributed by atoms with Crippen LogP contribution in [0.1, 0.15) is 36.8 Å². The van der Waals surface area contributed by atoms with E-state index in [1.54, 1.807) is 29.6 Å².